The minimum Gasteiger partial charge on any atom is -0.264 e. The van der Waals surface area contributed by atoms with E-state index in [9.17, 15) is 13.2 Å². The number of pyridine rings is 1. The second-order valence-electron chi connectivity index (χ2n) is 1.74. The van der Waals surface area contributed by atoms with Crippen LogP contribution in [0.2, 0.25) is 0 Å². The highest BCUT2D eigenvalue weighted by molar-refractivity contribution is 8.93. The van der Waals surface area contributed by atoms with Gasteiger partial charge in [-0.05, 0) is 12.1 Å². The fraction of sp³-hybridized carbons (Fsp3) is 0.167. The maximum Gasteiger partial charge on any atom is 0.417 e. The lowest BCUT2D eigenvalue weighted by molar-refractivity contribution is -0.137. The summed E-state index contributed by atoms with van der Waals surface area (Å²) in [5.41, 5.74) is -0.713. The molecule has 0 aliphatic carbocycles. The minimum atomic E-state index is -4.27. The third-order valence-corrected chi connectivity index (χ3v) is 0.989. The van der Waals surface area contributed by atoms with E-state index in [0.29, 0.717) is 0 Å². The SMILES string of the molecule is Br.FC(F)(F)c1cccnc1. The van der Waals surface area contributed by atoms with Gasteiger partial charge in [-0.1, -0.05) is 0 Å². The summed E-state index contributed by atoms with van der Waals surface area (Å²) in [5, 5.41) is 0. The first-order chi connectivity index (χ1) is 4.61. The van der Waals surface area contributed by atoms with Crippen LogP contribution < -0.4 is 0 Å². The molecule has 0 unspecified atom stereocenters. The summed E-state index contributed by atoms with van der Waals surface area (Å²) >= 11 is 0. The molecule has 1 nitrogen and oxygen atoms in total. The summed E-state index contributed by atoms with van der Waals surface area (Å²) in [6, 6.07) is 2.23. The maximum atomic E-state index is 11.7. The van der Waals surface area contributed by atoms with Crippen molar-refractivity contribution in [2.45, 2.75) is 6.18 Å². The number of aromatic nitrogens is 1. The van der Waals surface area contributed by atoms with Crippen LogP contribution in [0.1, 0.15) is 5.56 Å². The Morgan fingerprint density at radius 3 is 2.18 bits per heavy atom. The molecule has 0 saturated carbocycles. The highest BCUT2D eigenvalue weighted by Crippen LogP contribution is 2.27. The van der Waals surface area contributed by atoms with Gasteiger partial charge in [0, 0.05) is 12.4 Å². The first-order valence-electron chi connectivity index (χ1n) is 2.58. The van der Waals surface area contributed by atoms with Crippen LogP contribution in [0.3, 0.4) is 0 Å². The number of nitrogens with zero attached hydrogens (tertiary/aromatic N) is 1. The van der Waals surface area contributed by atoms with Crippen LogP contribution in [0.5, 0.6) is 0 Å². The van der Waals surface area contributed by atoms with Crippen molar-refractivity contribution in [3.63, 3.8) is 0 Å². The van der Waals surface area contributed by atoms with E-state index in [1.165, 1.54) is 12.3 Å². The largest absolute Gasteiger partial charge is 0.417 e. The predicted octanol–water partition coefficient (Wildman–Crippen LogP) is 2.68. The fourth-order valence-corrected chi connectivity index (χ4v) is 0.530. The molecule has 0 aliphatic rings. The van der Waals surface area contributed by atoms with E-state index in [1.54, 1.807) is 0 Å². The molecule has 1 aromatic heterocycles. The Balaban J connectivity index is 0.000001000. The van der Waals surface area contributed by atoms with Crippen molar-refractivity contribution < 1.29 is 13.2 Å². The average molecular weight is 228 g/mol. The molecule has 0 aromatic carbocycles. The summed E-state index contributed by atoms with van der Waals surface area (Å²) in [6.07, 6.45) is -2.18. The van der Waals surface area contributed by atoms with E-state index in [1.807, 2.05) is 0 Å². The first kappa shape index (κ1) is 10.4. The zero-order valence-electron chi connectivity index (χ0n) is 5.30. The van der Waals surface area contributed by atoms with Crippen LogP contribution >= 0.6 is 17.0 Å². The molecular formula is C6H5BrF3N. The summed E-state index contributed by atoms with van der Waals surface area (Å²) < 4.78 is 35.2. The number of rotatable bonds is 0. The molecule has 0 radical (unpaired) electrons. The average Bonchev–Trinajstić information content (AvgIpc) is 1.88. The van der Waals surface area contributed by atoms with Gasteiger partial charge in [0.1, 0.15) is 0 Å². The van der Waals surface area contributed by atoms with Crippen molar-refractivity contribution in [1.29, 1.82) is 0 Å². The monoisotopic (exact) mass is 227 g/mol. The van der Waals surface area contributed by atoms with Gasteiger partial charge in [-0.3, -0.25) is 4.98 Å². The molecule has 0 spiro atoms. The fourth-order valence-electron chi connectivity index (χ4n) is 0.530. The molecule has 0 amide bonds. The number of hydrogen-bond donors (Lipinski definition) is 0. The third-order valence-electron chi connectivity index (χ3n) is 0.989. The Kier molecular flexibility index (Phi) is 3.51. The molecule has 0 N–H and O–H groups in total. The molecule has 1 heterocycles. The van der Waals surface area contributed by atoms with Crippen molar-refractivity contribution in [3.8, 4) is 0 Å². The second kappa shape index (κ2) is 3.71. The van der Waals surface area contributed by atoms with Crippen molar-refractivity contribution in [2.24, 2.45) is 0 Å². The Labute approximate surface area is 72.0 Å². The smallest absolute Gasteiger partial charge is 0.264 e. The molecule has 0 bridgehead atoms. The zero-order valence-corrected chi connectivity index (χ0v) is 7.01. The van der Waals surface area contributed by atoms with Crippen LogP contribution in [0.4, 0.5) is 13.2 Å². The number of hydrogen-bond acceptors (Lipinski definition) is 1. The van der Waals surface area contributed by atoms with Crippen LogP contribution in [0.15, 0.2) is 24.5 Å². The molecule has 5 heteroatoms. The third kappa shape index (κ3) is 2.88. The lowest BCUT2D eigenvalue weighted by Crippen LogP contribution is -2.04. The summed E-state index contributed by atoms with van der Waals surface area (Å²) in [5.74, 6) is 0. The van der Waals surface area contributed by atoms with Gasteiger partial charge in [0.2, 0.25) is 0 Å². The van der Waals surface area contributed by atoms with Gasteiger partial charge in [0.15, 0.2) is 0 Å². The van der Waals surface area contributed by atoms with Crippen LogP contribution in [-0.4, -0.2) is 4.98 Å². The summed E-state index contributed by atoms with van der Waals surface area (Å²) in [4.78, 5) is 3.33. The quantitative estimate of drug-likeness (QED) is 0.665. The molecule has 0 saturated heterocycles. The molecule has 0 fully saturated rings. The standard InChI is InChI=1S/C6H4F3N.BrH/c7-6(8,9)5-2-1-3-10-4-5;/h1-4H;1H. The van der Waals surface area contributed by atoms with E-state index in [4.69, 9.17) is 0 Å². The number of halogens is 4. The molecule has 1 rings (SSSR count). The summed E-state index contributed by atoms with van der Waals surface area (Å²) in [6.45, 7) is 0. The Hall–Kier alpha value is -0.580. The van der Waals surface area contributed by atoms with Crippen molar-refractivity contribution in [1.82, 2.24) is 4.98 Å². The van der Waals surface area contributed by atoms with Crippen molar-refractivity contribution in [2.75, 3.05) is 0 Å². The predicted molar refractivity (Wildman–Crippen MR) is 39.6 cm³/mol. The molecular weight excluding hydrogens is 223 g/mol. The minimum absolute atomic E-state index is 0. The lowest BCUT2D eigenvalue weighted by Gasteiger charge is -2.03. The van der Waals surface area contributed by atoms with Gasteiger partial charge in [-0.25, -0.2) is 0 Å². The van der Waals surface area contributed by atoms with Gasteiger partial charge in [0.05, 0.1) is 5.56 Å². The summed E-state index contributed by atoms with van der Waals surface area (Å²) in [7, 11) is 0. The Morgan fingerprint density at radius 2 is 1.91 bits per heavy atom. The van der Waals surface area contributed by atoms with E-state index >= 15 is 0 Å². The molecule has 1 aromatic rings. The molecule has 0 aliphatic heterocycles. The lowest BCUT2D eigenvalue weighted by atomic mass is 10.3. The van der Waals surface area contributed by atoms with Crippen molar-refractivity contribution >= 4 is 17.0 Å². The van der Waals surface area contributed by atoms with Gasteiger partial charge in [-0.15, -0.1) is 17.0 Å². The van der Waals surface area contributed by atoms with E-state index in [2.05, 4.69) is 4.98 Å². The van der Waals surface area contributed by atoms with Gasteiger partial charge < -0.3 is 0 Å². The first-order valence-corrected chi connectivity index (χ1v) is 2.58. The van der Waals surface area contributed by atoms with Gasteiger partial charge in [0.25, 0.3) is 0 Å². The normalized spacial score (nSPS) is 10.5. The van der Waals surface area contributed by atoms with Crippen LogP contribution in [0.25, 0.3) is 0 Å². The van der Waals surface area contributed by atoms with E-state index in [-0.39, 0.29) is 17.0 Å². The zero-order chi connectivity index (χ0) is 7.61. The van der Waals surface area contributed by atoms with Crippen LogP contribution in [-0.2, 0) is 6.18 Å². The highest BCUT2D eigenvalue weighted by Gasteiger charge is 2.30. The van der Waals surface area contributed by atoms with Gasteiger partial charge >= 0.3 is 6.18 Å². The maximum absolute atomic E-state index is 11.7. The Morgan fingerprint density at radius 1 is 1.27 bits per heavy atom. The van der Waals surface area contributed by atoms with Crippen LogP contribution in [0, 0.1) is 0 Å². The second-order valence-corrected chi connectivity index (χ2v) is 1.74. The molecule has 11 heavy (non-hydrogen) atoms. The topological polar surface area (TPSA) is 12.9 Å². The molecule has 62 valence electrons. The van der Waals surface area contributed by atoms with E-state index in [0.717, 1.165) is 12.3 Å². The molecule has 0 atom stereocenters. The van der Waals surface area contributed by atoms with Crippen molar-refractivity contribution in [3.05, 3.63) is 30.1 Å². The van der Waals surface area contributed by atoms with Gasteiger partial charge in [-0.2, -0.15) is 13.2 Å². The Bertz CT molecular complexity index is 209. The number of alkyl halides is 3. The van der Waals surface area contributed by atoms with E-state index < -0.39 is 11.7 Å². The highest BCUT2D eigenvalue weighted by atomic mass is 79.9.